The molecule has 94 valence electrons. The van der Waals surface area contributed by atoms with Gasteiger partial charge in [-0.05, 0) is 26.0 Å². The highest BCUT2D eigenvalue weighted by Gasteiger charge is 2.25. The number of halogens is 2. The second kappa shape index (κ2) is 4.92. The summed E-state index contributed by atoms with van der Waals surface area (Å²) >= 11 is 12.0. The molecule has 0 saturated carbocycles. The van der Waals surface area contributed by atoms with Gasteiger partial charge in [0.1, 0.15) is 0 Å². The van der Waals surface area contributed by atoms with Crippen LogP contribution in [0, 0.1) is 0 Å². The zero-order valence-electron chi connectivity index (χ0n) is 9.91. The first-order valence-electron chi connectivity index (χ1n) is 5.61. The van der Waals surface area contributed by atoms with Crippen LogP contribution >= 0.6 is 23.2 Å². The molecule has 1 aromatic carbocycles. The zero-order chi connectivity index (χ0) is 12.6. The fraction of sp³-hybridized carbons (Fsp3) is 0.500. The Labute approximate surface area is 111 Å². The summed E-state index contributed by atoms with van der Waals surface area (Å²) in [5.41, 5.74) is 7.59. The van der Waals surface area contributed by atoms with E-state index in [1.54, 1.807) is 6.07 Å². The quantitative estimate of drug-likeness (QED) is 0.800. The maximum atomic E-state index is 6.04. The summed E-state index contributed by atoms with van der Waals surface area (Å²) in [6.07, 6.45) is 0.194. The number of nitrogens with two attached hydrogens (primary N) is 1. The van der Waals surface area contributed by atoms with E-state index in [1.165, 1.54) is 0 Å². The molecule has 0 amide bonds. The van der Waals surface area contributed by atoms with Gasteiger partial charge in [-0.1, -0.05) is 23.2 Å². The second-order valence-corrected chi connectivity index (χ2v) is 5.28. The molecule has 17 heavy (non-hydrogen) atoms. The summed E-state index contributed by atoms with van der Waals surface area (Å²) in [6.45, 7) is 5.66. The number of hydrogen-bond donors (Lipinski definition) is 1. The van der Waals surface area contributed by atoms with Gasteiger partial charge < -0.3 is 15.4 Å². The molecular weight excluding hydrogens is 259 g/mol. The lowest BCUT2D eigenvalue weighted by atomic mass is 10.1. The van der Waals surface area contributed by atoms with E-state index < -0.39 is 0 Å². The summed E-state index contributed by atoms with van der Waals surface area (Å²) in [5.74, 6) is 0. The van der Waals surface area contributed by atoms with Crippen LogP contribution in [-0.4, -0.2) is 25.3 Å². The van der Waals surface area contributed by atoms with Crippen LogP contribution in [0.3, 0.4) is 0 Å². The molecule has 3 nitrogen and oxygen atoms in total. The molecule has 5 heteroatoms. The number of benzene rings is 1. The van der Waals surface area contributed by atoms with Crippen LogP contribution in [0.25, 0.3) is 0 Å². The fourth-order valence-electron chi connectivity index (χ4n) is 2.04. The SMILES string of the molecule is CC1CN(c2cc(Cl)c(Cl)cc2N)C(C)CO1. The van der Waals surface area contributed by atoms with Gasteiger partial charge in [0.2, 0.25) is 0 Å². The number of nitrogen functional groups attached to an aromatic ring is 1. The van der Waals surface area contributed by atoms with Crippen molar-refractivity contribution >= 4 is 34.6 Å². The molecule has 2 atom stereocenters. The number of rotatable bonds is 1. The molecule has 1 heterocycles. The Balaban J connectivity index is 2.35. The largest absolute Gasteiger partial charge is 0.397 e. The number of morpholine rings is 1. The first kappa shape index (κ1) is 12.8. The van der Waals surface area contributed by atoms with Crippen molar-refractivity contribution < 1.29 is 4.74 Å². The van der Waals surface area contributed by atoms with E-state index in [2.05, 4.69) is 11.8 Å². The molecule has 0 aromatic heterocycles. The van der Waals surface area contributed by atoms with Gasteiger partial charge in [-0.2, -0.15) is 0 Å². The van der Waals surface area contributed by atoms with Gasteiger partial charge in [0.05, 0.1) is 34.1 Å². The van der Waals surface area contributed by atoms with Gasteiger partial charge in [-0.3, -0.25) is 0 Å². The number of anilines is 2. The predicted octanol–water partition coefficient (Wildman–Crippen LogP) is 3.19. The third kappa shape index (κ3) is 2.62. The minimum absolute atomic E-state index is 0.194. The Morgan fingerprint density at radius 2 is 1.94 bits per heavy atom. The lowest BCUT2D eigenvalue weighted by Gasteiger charge is -2.39. The van der Waals surface area contributed by atoms with E-state index in [9.17, 15) is 0 Å². The van der Waals surface area contributed by atoms with Gasteiger partial charge in [0.15, 0.2) is 0 Å². The Morgan fingerprint density at radius 3 is 2.65 bits per heavy atom. The lowest BCUT2D eigenvalue weighted by molar-refractivity contribution is 0.0344. The average molecular weight is 275 g/mol. The molecule has 0 radical (unpaired) electrons. The lowest BCUT2D eigenvalue weighted by Crippen LogP contribution is -2.47. The highest BCUT2D eigenvalue weighted by molar-refractivity contribution is 6.42. The Bertz CT molecular complexity index is 425. The molecule has 0 bridgehead atoms. The van der Waals surface area contributed by atoms with Gasteiger partial charge >= 0.3 is 0 Å². The topological polar surface area (TPSA) is 38.5 Å². The number of ether oxygens (including phenoxy) is 1. The minimum Gasteiger partial charge on any atom is -0.397 e. The van der Waals surface area contributed by atoms with Crippen LogP contribution in [0.15, 0.2) is 12.1 Å². The summed E-state index contributed by atoms with van der Waals surface area (Å²) in [4.78, 5) is 2.21. The van der Waals surface area contributed by atoms with Crippen LogP contribution in [0.4, 0.5) is 11.4 Å². The van der Waals surface area contributed by atoms with Crippen molar-refractivity contribution in [3.05, 3.63) is 22.2 Å². The maximum absolute atomic E-state index is 6.04. The van der Waals surface area contributed by atoms with E-state index >= 15 is 0 Å². The second-order valence-electron chi connectivity index (χ2n) is 4.47. The summed E-state index contributed by atoms with van der Waals surface area (Å²) in [6, 6.07) is 3.81. The van der Waals surface area contributed by atoms with E-state index in [0.29, 0.717) is 22.3 Å². The summed E-state index contributed by atoms with van der Waals surface area (Å²) in [7, 11) is 0. The maximum Gasteiger partial charge on any atom is 0.0723 e. The minimum atomic E-state index is 0.194. The van der Waals surface area contributed by atoms with Gasteiger partial charge in [0, 0.05) is 12.6 Å². The van der Waals surface area contributed by atoms with Crippen molar-refractivity contribution in [2.24, 2.45) is 0 Å². The van der Waals surface area contributed by atoms with Gasteiger partial charge in [-0.15, -0.1) is 0 Å². The van der Waals surface area contributed by atoms with Crippen molar-refractivity contribution in [1.29, 1.82) is 0 Å². The monoisotopic (exact) mass is 274 g/mol. The van der Waals surface area contributed by atoms with Crippen molar-refractivity contribution in [3.8, 4) is 0 Å². The van der Waals surface area contributed by atoms with E-state index in [4.69, 9.17) is 33.7 Å². The molecule has 2 rings (SSSR count). The van der Waals surface area contributed by atoms with Crippen molar-refractivity contribution in [1.82, 2.24) is 0 Å². The third-order valence-corrected chi connectivity index (χ3v) is 3.71. The fourth-order valence-corrected chi connectivity index (χ4v) is 2.37. The van der Waals surface area contributed by atoms with Crippen LogP contribution in [-0.2, 0) is 4.74 Å². The first-order valence-corrected chi connectivity index (χ1v) is 6.37. The first-order chi connectivity index (χ1) is 7.99. The van der Waals surface area contributed by atoms with Gasteiger partial charge in [0.25, 0.3) is 0 Å². The van der Waals surface area contributed by atoms with Crippen LogP contribution in [0.5, 0.6) is 0 Å². The number of nitrogens with zero attached hydrogens (tertiary/aromatic N) is 1. The third-order valence-electron chi connectivity index (χ3n) is 2.99. The standard InChI is InChI=1S/C12H16Cl2N2O/c1-7-6-17-8(2)5-16(7)12-4-10(14)9(13)3-11(12)15/h3-4,7-8H,5-6,15H2,1-2H3. The Hall–Kier alpha value is -0.640. The molecule has 2 unspecified atom stereocenters. The normalized spacial score (nSPS) is 25.1. The molecular formula is C12H16Cl2N2O. The zero-order valence-corrected chi connectivity index (χ0v) is 11.4. The summed E-state index contributed by atoms with van der Waals surface area (Å²) in [5, 5.41) is 1.02. The van der Waals surface area contributed by atoms with Crippen molar-refractivity contribution in [3.63, 3.8) is 0 Å². The Kier molecular flexibility index (Phi) is 3.71. The molecule has 0 spiro atoms. The van der Waals surface area contributed by atoms with E-state index in [1.807, 2.05) is 13.0 Å². The van der Waals surface area contributed by atoms with Crippen molar-refractivity contribution in [2.75, 3.05) is 23.8 Å². The predicted molar refractivity (Wildman–Crippen MR) is 73.1 cm³/mol. The molecule has 1 aliphatic heterocycles. The molecule has 0 aliphatic carbocycles. The average Bonchev–Trinajstić information content (AvgIpc) is 2.27. The highest BCUT2D eigenvalue weighted by atomic mass is 35.5. The highest BCUT2D eigenvalue weighted by Crippen LogP contribution is 2.35. The van der Waals surface area contributed by atoms with Crippen LogP contribution in [0.2, 0.25) is 10.0 Å². The summed E-state index contributed by atoms with van der Waals surface area (Å²) < 4.78 is 5.59. The van der Waals surface area contributed by atoms with E-state index in [0.717, 1.165) is 12.2 Å². The van der Waals surface area contributed by atoms with E-state index in [-0.39, 0.29) is 12.1 Å². The molecule has 1 aromatic rings. The molecule has 1 saturated heterocycles. The van der Waals surface area contributed by atoms with Gasteiger partial charge in [-0.25, -0.2) is 0 Å². The molecule has 2 N–H and O–H groups in total. The number of hydrogen-bond acceptors (Lipinski definition) is 3. The Morgan fingerprint density at radius 1 is 1.29 bits per heavy atom. The molecule has 1 aliphatic rings. The van der Waals surface area contributed by atoms with Crippen molar-refractivity contribution in [2.45, 2.75) is 26.0 Å². The van der Waals surface area contributed by atoms with Crippen LogP contribution in [0.1, 0.15) is 13.8 Å². The smallest absolute Gasteiger partial charge is 0.0723 e. The van der Waals surface area contributed by atoms with Crippen LogP contribution < -0.4 is 10.6 Å². The molecule has 1 fully saturated rings.